The third-order valence-electron chi connectivity index (χ3n) is 1.68. The van der Waals surface area contributed by atoms with Gasteiger partial charge in [-0.3, -0.25) is 0 Å². The molecule has 0 spiro atoms. The number of likely N-dealkylation sites (N-methyl/N-ethyl adjacent to an activating group) is 1. The second-order valence-corrected chi connectivity index (χ2v) is 4.28. The van der Waals surface area contributed by atoms with Crippen molar-refractivity contribution in [1.82, 2.24) is 5.32 Å². The highest BCUT2D eigenvalue weighted by atomic mass is 14.9. The molecule has 0 aliphatic carbocycles. The summed E-state index contributed by atoms with van der Waals surface area (Å²) >= 11 is 0. The first-order valence-corrected chi connectivity index (χ1v) is 4.46. The van der Waals surface area contributed by atoms with Crippen LogP contribution in [0.5, 0.6) is 0 Å². The largest absolute Gasteiger partial charge is 0.314 e. The first kappa shape index (κ1) is 11.4. The van der Waals surface area contributed by atoms with Crippen molar-refractivity contribution in [2.75, 3.05) is 7.05 Å². The van der Waals surface area contributed by atoms with E-state index < -0.39 is 0 Å². The zero-order valence-electron chi connectivity index (χ0n) is 8.72. The number of hydrogen-bond acceptors (Lipinski definition) is 1. The Balaban J connectivity index is 3.99. The summed E-state index contributed by atoms with van der Waals surface area (Å²) in [5.74, 6) is 0. The van der Waals surface area contributed by atoms with E-state index in [-0.39, 0.29) is 0 Å². The normalized spacial score (nSPS) is 15.0. The van der Waals surface area contributed by atoms with Crippen molar-refractivity contribution in [2.45, 2.75) is 33.2 Å². The Morgan fingerprint density at radius 3 is 2.33 bits per heavy atom. The average Bonchev–Trinajstić information content (AvgIpc) is 1.95. The minimum Gasteiger partial charge on any atom is -0.314 e. The van der Waals surface area contributed by atoms with E-state index in [1.54, 1.807) is 0 Å². The third kappa shape index (κ3) is 6.17. The lowest BCUT2D eigenvalue weighted by Crippen LogP contribution is -2.27. The van der Waals surface area contributed by atoms with E-state index in [4.69, 9.17) is 0 Å². The van der Waals surface area contributed by atoms with Crippen molar-refractivity contribution >= 4 is 0 Å². The van der Waals surface area contributed by atoms with Crippen molar-refractivity contribution in [1.29, 1.82) is 0 Å². The molecule has 1 N–H and O–H groups in total. The molecule has 1 heteroatoms. The SMILES string of the molecule is C=CC=CC(CC(C)(C)C)NC. The van der Waals surface area contributed by atoms with Crippen LogP contribution in [-0.2, 0) is 0 Å². The minimum atomic E-state index is 0.374. The van der Waals surface area contributed by atoms with Crippen LogP contribution in [0.1, 0.15) is 27.2 Å². The minimum absolute atomic E-state index is 0.374. The van der Waals surface area contributed by atoms with Gasteiger partial charge in [0.15, 0.2) is 0 Å². The molecule has 0 saturated heterocycles. The molecule has 0 aliphatic heterocycles. The fourth-order valence-electron chi connectivity index (χ4n) is 1.14. The molecule has 0 aliphatic rings. The number of rotatable bonds is 4. The first-order chi connectivity index (χ1) is 5.49. The van der Waals surface area contributed by atoms with Crippen LogP contribution in [0, 0.1) is 5.41 Å². The molecule has 12 heavy (non-hydrogen) atoms. The van der Waals surface area contributed by atoms with E-state index in [0.717, 1.165) is 6.42 Å². The van der Waals surface area contributed by atoms with Crippen LogP contribution in [0.2, 0.25) is 0 Å². The highest BCUT2D eigenvalue weighted by Crippen LogP contribution is 2.20. The predicted molar refractivity (Wildman–Crippen MR) is 56.3 cm³/mol. The monoisotopic (exact) mass is 167 g/mol. The van der Waals surface area contributed by atoms with E-state index in [9.17, 15) is 0 Å². The first-order valence-electron chi connectivity index (χ1n) is 4.46. The standard InChI is InChI=1S/C11H21N/c1-6-7-8-10(12-5)9-11(2,3)4/h6-8,10,12H,1,9H2,2-5H3. The molecule has 0 fully saturated rings. The van der Waals surface area contributed by atoms with Crippen molar-refractivity contribution < 1.29 is 0 Å². The second kappa shape index (κ2) is 5.15. The molecule has 0 radical (unpaired) electrons. The van der Waals surface area contributed by atoms with E-state index in [2.05, 4.69) is 38.7 Å². The van der Waals surface area contributed by atoms with Crippen LogP contribution in [0.15, 0.2) is 24.8 Å². The van der Waals surface area contributed by atoms with Crippen LogP contribution in [0.4, 0.5) is 0 Å². The molecule has 1 nitrogen and oxygen atoms in total. The molecule has 0 rings (SSSR count). The fraction of sp³-hybridized carbons (Fsp3) is 0.636. The zero-order chi connectivity index (χ0) is 9.61. The summed E-state index contributed by atoms with van der Waals surface area (Å²) < 4.78 is 0. The van der Waals surface area contributed by atoms with Gasteiger partial charge >= 0.3 is 0 Å². The summed E-state index contributed by atoms with van der Waals surface area (Å²) in [6.45, 7) is 10.4. The van der Waals surface area contributed by atoms with E-state index in [0.29, 0.717) is 11.5 Å². The van der Waals surface area contributed by atoms with Gasteiger partial charge in [-0.2, -0.15) is 0 Å². The van der Waals surface area contributed by atoms with Crippen LogP contribution >= 0.6 is 0 Å². The van der Waals surface area contributed by atoms with Gasteiger partial charge in [0.1, 0.15) is 0 Å². The van der Waals surface area contributed by atoms with E-state index in [1.165, 1.54) is 0 Å². The van der Waals surface area contributed by atoms with Gasteiger partial charge in [0.05, 0.1) is 0 Å². The summed E-state index contributed by atoms with van der Waals surface area (Å²) in [5.41, 5.74) is 0.374. The molecule has 0 saturated carbocycles. The Labute approximate surface area is 76.6 Å². The molecule has 1 atom stereocenters. The summed E-state index contributed by atoms with van der Waals surface area (Å²) in [5, 5.41) is 3.26. The van der Waals surface area contributed by atoms with Crippen molar-refractivity contribution in [3.05, 3.63) is 24.8 Å². The summed E-state index contributed by atoms with van der Waals surface area (Å²) in [6.07, 6.45) is 7.10. The van der Waals surface area contributed by atoms with Crippen molar-refractivity contribution in [3.63, 3.8) is 0 Å². The van der Waals surface area contributed by atoms with Gasteiger partial charge in [-0.05, 0) is 18.9 Å². The maximum absolute atomic E-state index is 3.65. The topological polar surface area (TPSA) is 12.0 Å². The van der Waals surface area contributed by atoms with Crippen LogP contribution in [0.3, 0.4) is 0 Å². The Morgan fingerprint density at radius 1 is 1.42 bits per heavy atom. The molecule has 0 heterocycles. The molecule has 70 valence electrons. The zero-order valence-corrected chi connectivity index (χ0v) is 8.72. The molecule has 0 bridgehead atoms. The predicted octanol–water partition coefficient (Wildman–Crippen LogP) is 2.75. The Hall–Kier alpha value is -0.560. The molecule has 1 unspecified atom stereocenters. The number of hydrogen-bond donors (Lipinski definition) is 1. The average molecular weight is 167 g/mol. The van der Waals surface area contributed by atoms with Gasteiger partial charge < -0.3 is 5.32 Å². The molecule has 0 aromatic heterocycles. The molecular weight excluding hydrogens is 146 g/mol. The Morgan fingerprint density at radius 2 is 2.00 bits per heavy atom. The fourth-order valence-corrected chi connectivity index (χ4v) is 1.14. The lowest BCUT2D eigenvalue weighted by molar-refractivity contribution is 0.343. The molecular formula is C11H21N. The second-order valence-electron chi connectivity index (χ2n) is 4.28. The summed E-state index contributed by atoms with van der Waals surface area (Å²) in [6, 6.07) is 0.461. The Bertz CT molecular complexity index is 151. The van der Waals surface area contributed by atoms with Gasteiger partial charge in [-0.15, -0.1) is 0 Å². The quantitative estimate of drug-likeness (QED) is 0.635. The van der Waals surface area contributed by atoms with Gasteiger partial charge in [0, 0.05) is 6.04 Å². The van der Waals surface area contributed by atoms with Gasteiger partial charge in [-0.25, -0.2) is 0 Å². The van der Waals surface area contributed by atoms with Gasteiger partial charge in [-0.1, -0.05) is 45.6 Å². The maximum atomic E-state index is 3.65. The van der Waals surface area contributed by atoms with Crippen LogP contribution in [-0.4, -0.2) is 13.1 Å². The third-order valence-corrected chi connectivity index (χ3v) is 1.68. The summed E-state index contributed by atoms with van der Waals surface area (Å²) in [4.78, 5) is 0. The van der Waals surface area contributed by atoms with Gasteiger partial charge in [0.2, 0.25) is 0 Å². The maximum Gasteiger partial charge on any atom is 0.0255 e. The number of allylic oxidation sites excluding steroid dienone is 2. The smallest absolute Gasteiger partial charge is 0.0255 e. The van der Waals surface area contributed by atoms with Crippen LogP contribution in [0.25, 0.3) is 0 Å². The van der Waals surface area contributed by atoms with Crippen molar-refractivity contribution in [2.24, 2.45) is 5.41 Å². The van der Waals surface area contributed by atoms with E-state index in [1.807, 2.05) is 19.2 Å². The van der Waals surface area contributed by atoms with Crippen molar-refractivity contribution in [3.8, 4) is 0 Å². The summed E-state index contributed by atoms with van der Waals surface area (Å²) in [7, 11) is 1.99. The Kier molecular flexibility index (Phi) is 4.91. The molecule has 0 amide bonds. The highest BCUT2D eigenvalue weighted by molar-refractivity contribution is 5.03. The van der Waals surface area contributed by atoms with Crippen LogP contribution < -0.4 is 5.32 Å². The van der Waals surface area contributed by atoms with Gasteiger partial charge in [0.25, 0.3) is 0 Å². The molecule has 0 aromatic rings. The molecule has 0 aromatic carbocycles. The van der Waals surface area contributed by atoms with E-state index >= 15 is 0 Å². The highest BCUT2D eigenvalue weighted by Gasteiger charge is 2.14. The lowest BCUT2D eigenvalue weighted by atomic mass is 9.88. The lowest BCUT2D eigenvalue weighted by Gasteiger charge is -2.23. The number of nitrogens with one attached hydrogen (secondary N) is 1.